The molecule has 2 rings (SSSR count). The number of hydrogen-bond acceptors (Lipinski definition) is 4. The molecule has 4 heteroatoms. The molecule has 2 aromatic carbocycles. The molecule has 0 bridgehead atoms. The molecule has 1 unspecified atom stereocenters. The first-order valence-electron chi connectivity index (χ1n) is 12.8. The number of hydrogen-bond donors (Lipinski definition) is 3. The third kappa shape index (κ3) is 7.84. The zero-order valence-electron chi connectivity index (χ0n) is 20.6. The van der Waals surface area contributed by atoms with Gasteiger partial charge in [-0.25, -0.2) is 0 Å². The maximum Gasteiger partial charge on any atom is 0.136 e. The number of rotatable bonds is 17. The summed E-state index contributed by atoms with van der Waals surface area (Å²) < 4.78 is 6.62. The van der Waals surface area contributed by atoms with Crippen molar-refractivity contribution in [1.29, 1.82) is 0 Å². The molecule has 0 radical (unpaired) electrons. The van der Waals surface area contributed by atoms with Crippen LogP contribution in [0.3, 0.4) is 0 Å². The largest absolute Gasteiger partial charge is 0.485 e. The molecule has 184 valence electrons. The second-order valence-corrected chi connectivity index (χ2v) is 9.26. The first-order chi connectivity index (χ1) is 16.2. The Morgan fingerprint density at radius 3 is 1.76 bits per heavy atom. The fourth-order valence-electron chi connectivity index (χ4n) is 4.37. The van der Waals surface area contributed by atoms with Gasteiger partial charge in [-0.05, 0) is 48.4 Å². The van der Waals surface area contributed by atoms with Gasteiger partial charge < -0.3 is 20.1 Å². The maximum absolute atomic E-state index is 10.3. The molecule has 0 aliphatic heterocycles. The van der Waals surface area contributed by atoms with E-state index in [-0.39, 0.29) is 19.8 Å². The lowest BCUT2D eigenvalue weighted by molar-refractivity contribution is -0.0747. The highest BCUT2D eigenvalue weighted by Gasteiger charge is 2.42. The molecule has 0 spiro atoms. The number of ether oxygens (including phenoxy) is 1. The van der Waals surface area contributed by atoms with Gasteiger partial charge in [-0.3, -0.25) is 0 Å². The van der Waals surface area contributed by atoms with Crippen LogP contribution in [0.1, 0.15) is 88.0 Å². The van der Waals surface area contributed by atoms with Crippen LogP contribution in [0.15, 0.2) is 48.5 Å². The Hall–Kier alpha value is -1.88. The van der Waals surface area contributed by atoms with Gasteiger partial charge >= 0.3 is 0 Å². The number of unbranched alkanes of at least 4 members (excludes halogenated alkanes) is 6. The lowest BCUT2D eigenvalue weighted by Gasteiger charge is -2.38. The number of aliphatic hydroxyl groups is 3. The van der Waals surface area contributed by atoms with Crippen LogP contribution in [0.4, 0.5) is 0 Å². The number of aryl methyl sites for hydroxylation is 2. The predicted molar refractivity (Wildman–Crippen MR) is 136 cm³/mol. The van der Waals surface area contributed by atoms with Crippen molar-refractivity contribution in [3.63, 3.8) is 0 Å². The van der Waals surface area contributed by atoms with Crippen LogP contribution in [0.2, 0.25) is 0 Å². The number of benzene rings is 2. The molecule has 0 heterocycles. The molecule has 0 saturated carbocycles. The van der Waals surface area contributed by atoms with E-state index in [9.17, 15) is 15.3 Å². The van der Waals surface area contributed by atoms with Crippen molar-refractivity contribution in [2.24, 2.45) is 5.41 Å². The van der Waals surface area contributed by atoms with Crippen molar-refractivity contribution in [3.8, 4) is 5.75 Å². The van der Waals surface area contributed by atoms with Gasteiger partial charge in [-0.15, -0.1) is 0 Å². The summed E-state index contributed by atoms with van der Waals surface area (Å²) in [6.07, 6.45) is 10.5. The number of para-hydroxylation sites is 1. The van der Waals surface area contributed by atoms with Crippen LogP contribution >= 0.6 is 0 Å². The maximum atomic E-state index is 10.3. The minimum atomic E-state index is -1.19. The average Bonchev–Trinajstić information content (AvgIpc) is 2.86. The van der Waals surface area contributed by atoms with E-state index in [1.807, 2.05) is 36.4 Å². The second kappa shape index (κ2) is 15.1. The Labute approximate surface area is 200 Å². The molecule has 4 nitrogen and oxygen atoms in total. The standard InChI is InChI=1S/C29H44O4/c1-3-5-7-9-15-24-16-11-13-19-26(24)28(29(21-30,22-31)23-32)33-27-20-14-12-18-25(27)17-10-8-6-4-2/h11-14,16,18-20,28,30-32H,3-10,15,17,21-23H2,1-2H3. The minimum absolute atomic E-state index is 0.368. The van der Waals surface area contributed by atoms with Gasteiger partial charge in [0.25, 0.3) is 0 Å². The van der Waals surface area contributed by atoms with Gasteiger partial charge in [0.2, 0.25) is 0 Å². The third-order valence-electron chi connectivity index (χ3n) is 6.66. The zero-order chi connectivity index (χ0) is 23.9. The van der Waals surface area contributed by atoms with E-state index in [1.54, 1.807) is 0 Å². The summed E-state index contributed by atoms with van der Waals surface area (Å²) in [5.74, 6) is 0.763. The molecular weight excluding hydrogens is 412 g/mol. The van der Waals surface area contributed by atoms with Gasteiger partial charge in [0.15, 0.2) is 0 Å². The van der Waals surface area contributed by atoms with Gasteiger partial charge in [0.1, 0.15) is 11.9 Å². The molecule has 2 aromatic rings. The van der Waals surface area contributed by atoms with E-state index in [2.05, 4.69) is 26.0 Å². The summed E-state index contributed by atoms with van der Waals surface area (Å²) >= 11 is 0. The van der Waals surface area contributed by atoms with Crippen LogP contribution in [-0.2, 0) is 12.8 Å². The molecule has 0 amide bonds. The van der Waals surface area contributed by atoms with Crippen molar-refractivity contribution in [1.82, 2.24) is 0 Å². The molecule has 0 fully saturated rings. The predicted octanol–water partition coefficient (Wildman–Crippen LogP) is 6.02. The molecule has 0 aromatic heterocycles. The first-order valence-corrected chi connectivity index (χ1v) is 12.8. The van der Waals surface area contributed by atoms with Gasteiger partial charge in [0.05, 0.1) is 25.2 Å². The summed E-state index contributed by atoms with van der Waals surface area (Å²) in [4.78, 5) is 0. The Morgan fingerprint density at radius 2 is 1.18 bits per heavy atom. The SMILES string of the molecule is CCCCCCc1ccccc1OC(c1ccccc1CCCCCC)C(CO)(CO)CO. The molecule has 0 aliphatic rings. The van der Waals surface area contributed by atoms with Crippen molar-refractivity contribution in [2.45, 2.75) is 84.2 Å². The van der Waals surface area contributed by atoms with E-state index < -0.39 is 11.5 Å². The molecule has 33 heavy (non-hydrogen) atoms. The van der Waals surface area contributed by atoms with E-state index in [0.717, 1.165) is 48.1 Å². The smallest absolute Gasteiger partial charge is 0.136 e. The average molecular weight is 457 g/mol. The molecule has 0 aliphatic carbocycles. The Kier molecular flexibility index (Phi) is 12.5. The van der Waals surface area contributed by atoms with E-state index in [1.165, 1.54) is 38.5 Å². The fourth-order valence-corrected chi connectivity index (χ4v) is 4.37. The van der Waals surface area contributed by atoms with E-state index >= 15 is 0 Å². The summed E-state index contributed by atoms with van der Waals surface area (Å²) in [5, 5.41) is 30.9. The highest BCUT2D eigenvalue weighted by Crippen LogP contribution is 2.40. The van der Waals surface area contributed by atoms with Crippen molar-refractivity contribution in [2.75, 3.05) is 19.8 Å². The normalized spacial score (nSPS) is 12.6. The highest BCUT2D eigenvalue weighted by molar-refractivity contribution is 5.37. The molecule has 0 saturated heterocycles. The lowest BCUT2D eigenvalue weighted by Crippen LogP contribution is -2.43. The van der Waals surface area contributed by atoms with Crippen LogP contribution in [0.5, 0.6) is 5.75 Å². The Balaban J connectivity index is 2.39. The Bertz CT molecular complexity index is 776. The first kappa shape index (κ1) is 27.4. The van der Waals surface area contributed by atoms with Crippen molar-refractivity contribution < 1.29 is 20.1 Å². The molecule has 3 N–H and O–H groups in total. The minimum Gasteiger partial charge on any atom is -0.485 e. The van der Waals surface area contributed by atoms with Crippen molar-refractivity contribution >= 4 is 0 Å². The van der Waals surface area contributed by atoms with Crippen molar-refractivity contribution in [3.05, 3.63) is 65.2 Å². The van der Waals surface area contributed by atoms with Gasteiger partial charge in [-0.1, -0.05) is 94.8 Å². The monoisotopic (exact) mass is 456 g/mol. The fraction of sp³-hybridized carbons (Fsp3) is 0.586. The molecular formula is C29H44O4. The van der Waals surface area contributed by atoms with Gasteiger partial charge in [-0.2, -0.15) is 0 Å². The van der Waals surface area contributed by atoms with Crippen LogP contribution in [-0.4, -0.2) is 35.1 Å². The van der Waals surface area contributed by atoms with E-state index in [0.29, 0.717) is 0 Å². The van der Waals surface area contributed by atoms with Crippen LogP contribution in [0.25, 0.3) is 0 Å². The summed E-state index contributed by atoms with van der Waals surface area (Å²) in [5.41, 5.74) is 2.03. The summed E-state index contributed by atoms with van der Waals surface area (Å²) in [6, 6.07) is 16.1. The Morgan fingerprint density at radius 1 is 0.667 bits per heavy atom. The number of aliphatic hydroxyl groups excluding tert-OH is 3. The van der Waals surface area contributed by atoms with E-state index in [4.69, 9.17) is 4.74 Å². The lowest BCUT2D eigenvalue weighted by atomic mass is 9.78. The van der Waals surface area contributed by atoms with Crippen LogP contribution < -0.4 is 4.74 Å². The topological polar surface area (TPSA) is 69.9 Å². The third-order valence-corrected chi connectivity index (χ3v) is 6.66. The second-order valence-electron chi connectivity index (χ2n) is 9.26. The highest BCUT2D eigenvalue weighted by atomic mass is 16.5. The zero-order valence-corrected chi connectivity index (χ0v) is 20.6. The van der Waals surface area contributed by atoms with Crippen LogP contribution in [0, 0.1) is 5.41 Å². The summed E-state index contributed by atoms with van der Waals surface area (Å²) in [6.45, 7) is 3.31. The van der Waals surface area contributed by atoms with Gasteiger partial charge in [0, 0.05) is 0 Å². The quantitative estimate of drug-likeness (QED) is 0.255. The summed E-state index contributed by atoms with van der Waals surface area (Å²) in [7, 11) is 0. The molecule has 1 atom stereocenters.